The van der Waals surface area contributed by atoms with Gasteiger partial charge in [-0.1, -0.05) is 11.6 Å². The van der Waals surface area contributed by atoms with Crippen LogP contribution in [0.25, 0.3) is 0 Å². The average Bonchev–Trinajstić information content (AvgIpc) is 2.77. The summed E-state index contributed by atoms with van der Waals surface area (Å²) >= 11 is 14.6. The molecule has 0 aliphatic heterocycles. The molecular formula is C12H11Br2ClN2S. The summed E-state index contributed by atoms with van der Waals surface area (Å²) in [6, 6.07) is 7.95. The van der Waals surface area contributed by atoms with Crippen molar-refractivity contribution in [3.05, 3.63) is 48.5 Å². The summed E-state index contributed by atoms with van der Waals surface area (Å²) in [4.78, 5) is 1.20. The van der Waals surface area contributed by atoms with Crippen molar-refractivity contribution in [3.8, 4) is 0 Å². The van der Waals surface area contributed by atoms with Gasteiger partial charge >= 0.3 is 0 Å². The minimum absolute atomic E-state index is 0.0959. The van der Waals surface area contributed by atoms with Crippen LogP contribution in [0.15, 0.2) is 38.6 Å². The van der Waals surface area contributed by atoms with Crippen LogP contribution in [-0.4, -0.2) is 6.54 Å². The summed E-state index contributed by atoms with van der Waals surface area (Å²) in [7, 11) is 0. The Morgan fingerprint density at radius 3 is 2.67 bits per heavy atom. The summed E-state index contributed by atoms with van der Waals surface area (Å²) < 4.78 is 1.97. The Kier molecular flexibility index (Phi) is 5.09. The van der Waals surface area contributed by atoms with E-state index in [2.05, 4.69) is 43.2 Å². The number of thiophene rings is 1. The molecule has 0 amide bonds. The maximum Gasteiger partial charge on any atom is 0.0729 e. The highest BCUT2D eigenvalue weighted by Gasteiger charge is 2.12. The van der Waals surface area contributed by atoms with Gasteiger partial charge in [-0.3, -0.25) is 0 Å². The van der Waals surface area contributed by atoms with E-state index < -0.39 is 0 Å². The second kappa shape index (κ2) is 6.39. The van der Waals surface area contributed by atoms with Gasteiger partial charge in [-0.05, 0) is 56.1 Å². The monoisotopic (exact) mass is 408 g/mol. The van der Waals surface area contributed by atoms with Crippen LogP contribution in [0.2, 0.25) is 5.02 Å². The third kappa shape index (κ3) is 3.48. The van der Waals surface area contributed by atoms with E-state index in [9.17, 15) is 0 Å². The lowest BCUT2D eigenvalue weighted by Crippen LogP contribution is -2.19. The van der Waals surface area contributed by atoms with Gasteiger partial charge < -0.3 is 11.1 Å². The summed E-state index contributed by atoms with van der Waals surface area (Å²) in [6.07, 6.45) is 0. The third-order valence-corrected chi connectivity index (χ3v) is 5.47. The molecule has 1 atom stereocenters. The van der Waals surface area contributed by atoms with E-state index in [4.69, 9.17) is 17.3 Å². The Hall–Kier alpha value is -0.0700. The van der Waals surface area contributed by atoms with Crippen LogP contribution in [0.3, 0.4) is 0 Å². The highest BCUT2D eigenvalue weighted by atomic mass is 79.9. The smallest absolute Gasteiger partial charge is 0.0729 e. The molecule has 1 unspecified atom stereocenters. The maximum atomic E-state index is 6.07. The molecule has 3 N–H and O–H groups in total. The summed E-state index contributed by atoms with van der Waals surface area (Å²) in [5.41, 5.74) is 6.78. The summed E-state index contributed by atoms with van der Waals surface area (Å²) in [5, 5.41) is 6.12. The molecule has 1 aromatic heterocycles. The van der Waals surface area contributed by atoms with Crippen LogP contribution in [0.4, 0.5) is 5.69 Å². The third-order valence-electron chi connectivity index (χ3n) is 2.43. The molecule has 0 saturated heterocycles. The number of nitrogens with one attached hydrogen (secondary N) is 1. The first-order valence-corrected chi connectivity index (χ1v) is 8.10. The first-order valence-electron chi connectivity index (χ1n) is 5.25. The molecule has 2 nitrogen and oxygen atoms in total. The van der Waals surface area contributed by atoms with Gasteiger partial charge in [0.05, 0.1) is 11.1 Å². The quantitative estimate of drug-likeness (QED) is 0.741. The van der Waals surface area contributed by atoms with Gasteiger partial charge in [-0.25, -0.2) is 0 Å². The molecule has 2 rings (SSSR count). The van der Waals surface area contributed by atoms with E-state index in [1.54, 1.807) is 11.3 Å². The van der Waals surface area contributed by atoms with Gasteiger partial charge in [-0.15, -0.1) is 11.3 Å². The van der Waals surface area contributed by atoms with Crippen molar-refractivity contribution in [1.29, 1.82) is 0 Å². The summed E-state index contributed by atoms with van der Waals surface area (Å²) in [6.45, 7) is 0.528. The van der Waals surface area contributed by atoms with Crippen molar-refractivity contribution in [3.63, 3.8) is 0 Å². The molecule has 0 saturated carbocycles. The number of nitrogens with two attached hydrogens (primary N) is 1. The topological polar surface area (TPSA) is 38.0 Å². The van der Waals surface area contributed by atoms with E-state index in [0.717, 1.165) is 14.6 Å². The normalized spacial score (nSPS) is 12.4. The van der Waals surface area contributed by atoms with Crippen LogP contribution < -0.4 is 11.1 Å². The van der Waals surface area contributed by atoms with Gasteiger partial charge in [0, 0.05) is 31.4 Å². The van der Waals surface area contributed by atoms with Crippen molar-refractivity contribution in [2.24, 2.45) is 5.73 Å². The Bertz CT molecular complexity index is 545. The van der Waals surface area contributed by atoms with Gasteiger partial charge in [0.25, 0.3) is 0 Å². The van der Waals surface area contributed by atoms with Crippen LogP contribution in [0, 0.1) is 0 Å². The average molecular weight is 411 g/mol. The van der Waals surface area contributed by atoms with Crippen LogP contribution in [0.1, 0.15) is 10.9 Å². The molecule has 2 aromatic rings. The number of hydrogen-bond acceptors (Lipinski definition) is 3. The Morgan fingerprint density at radius 1 is 1.33 bits per heavy atom. The largest absolute Gasteiger partial charge is 0.376 e. The Labute approximate surface area is 132 Å². The number of hydrogen-bond donors (Lipinski definition) is 2. The molecule has 96 valence electrons. The molecule has 0 bridgehead atoms. The highest BCUT2D eigenvalue weighted by Crippen LogP contribution is 2.30. The molecular weight excluding hydrogens is 399 g/mol. The van der Waals surface area contributed by atoms with Crippen molar-refractivity contribution in [2.45, 2.75) is 6.04 Å². The van der Waals surface area contributed by atoms with Gasteiger partial charge in [0.1, 0.15) is 0 Å². The predicted octanol–water partition coefficient (Wildman–Crippen LogP) is 5.04. The van der Waals surface area contributed by atoms with Crippen LogP contribution >= 0.6 is 54.8 Å². The lowest BCUT2D eigenvalue weighted by atomic mass is 10.2. The second-order valence-electron chi connectivity index (χ2n) is 3.73. The van der Waals surface area contributed by atoms with Crippen molar-refractivity contribution >= 4 is 60.5 Å². The molecule has 0 spiro atoms. The molecule has 0 aliphatic rings. The first kappa shape index (κ1) is 14.3. The lowest BCUT2D eigenvalue weighted by Gasteiger charge is -2.17. The van der Waals surface area contributed by atoms with Crippen molar-refractivity contribution in [2.75, 3.05) is 11.9 Å². The molecule has 0 radical (unpaired) electrons. The Balaban J connectivity index is 2.17. The summed E-state index contributed by atoms with van der Waals surface area (Å²) in [5.74, 6) is 0. The van der Waals surface area contributed by atoms with E-state index >= 15 is 0 Å². The van der Waals surface area contributed by atoms with E-state index in [1.165, 1.54) is 4.88 Å². The second-order valence-corrected chi connectivity index (χ2v) is 6.85. The SMILES string of the molecule is NCC(Nc1ccc(Br)c(Cl)c1)c1cc(Br)cs1. The van der Waals surface area contributed by atoms with Crippen LogP contribution in [-0.2, 0) is 0 Å². The zero-order valence-electron chi connectivity index (χ0n) is 9.29. The standard InChI is InChI=1S/C12H11Br2ClN2S/c13-7-3-12(18-6-7)11(5-16)17-8-1-2-9(14)10(15)4-8/h1-4,6,11,17H,5,16H2. The zero-order chi connectivity index (χ0) is 13.1. The fourth-order valence-corrected chi connectivity index (χ4v) is 3.48. The first-order chi connectivity index (χ1) is 8.60. The number of benzene rings is 1. The minimum Gasteiger partial charge on any atom is -0.376 e. The molecule has 1 heterocycles. The predicted molar refractivity (Wildman–Crippen MR) is 86.6 cm³/mol. The fraction of sp³-hybridized carbons (Fsp3) is 0.167. The van der Waals surface area contributed by atoms with Crippen molar-refractivity contribution in [1.82, 2.24) is 0 Å². The number of halogens is 3. The fourth-order valence-electron chi connectivity index (χ4n) is 1.54. The van der Waals surface area contributed by atoms with Crippen molar-refractivity contribution < 1.29 is 0 Å². The highest BCUT2D eigenvalue weighted by molar-refractivity contribution is 9.10. The number of rotatable bonds is 4. The lowest BCUT2D eigenvalue weighted by molar-refractivity contribution is 0.805. The van der Waals surface area contributed by atoms with E-state index in [0.29, 0.717) is 11.6 Å². The molecule has 6 heteroatoms. The molecule has 0 aliphatic carbocycles. The molecule has 18 heavy (non-hydrogen) atoms. The maximum absolute atomic E-state index is 6.07. The molecule has 1 aromatic carbocycles. The minimum atomic E-state index is 0.0959. The van der Waals surface area contributed by atoms with Gasteiger partial charge in [-0.2, -0.15) is 0 Å². The van der Waals surface area contributed by atoms with Crippen LogP contribution in [0.5, 0.6) is 0 Å². The van der Waals surface area contributed by atoms with Gasteiger partial charge in [0.2, 0.25) is 0 Å². The Morgan fingerprint density at radius 2 is 2.11 bits per heavy atom. The zero-order valence-corrected chi connectivity index (χ0v) is 14.0. The molecule has 0 fully saturated rings. The van der Waals surface area contributed by atoms with Gasteiger partial charge in [0.15, 0.2) is 0 Å². The van der Waals surface area contributed by atoms with E-state index in [-0.39, 0.29) is 6.04 Å². The number of anilines is 1. The van der Waals surface area contributed by atoms with E-state index in [1.807, 2.05) is 23.6 Å².